The van der Waals surface area contributed by atoms with E-state index in [4.69, 9.17) is 0 Å². The fourth-order valence-corrected chi connectivity index (χ4v) is 3.87. The SMILES string of the molecule is Fc1cccc(CNc2cc(-c3cccc(OC(F)(F)F)c3)nc(NC3CCCCC3)n2)c1. The summed E-state index contributed by atoms with van der Waals surface area (Å²) in [6.07, 6.45) is 0.683. The van der Waals surface area contributed by atoms with Gasteiger partial charge in [-0.2, -0.15) is 4.98 Å². The van der Waals surface area contributed by atoms with Gasteiger partial charge < -0.3 is 15.4 Å². The molecular weight excluding hydrogens is 436 g/mol. The van der Waals surface area contributed by atoms with Gasteiger partial charge in [-0.3, -0.25) is 0 Å². The molecule has 174 valence electrons. The van der Waals surface area contributed by atoms with Crippen molar-refractivity contribution in [2.75, 3.05) is 10.6 Å². The van der Waals surface area contributed by atoms with Gasteiger partial charge in [-0.1, -0.05) is 43.5 Å². The number of anilines is 2. The van der Waals surface area contributed by atoms with Gasteiger partial charge in [0.15, 0.2) is 0 Å². The highest BCUT2D eigenvalue weighted by atomic mass is 19.4. The Morgan fingerprint density at radius 2 is 1.73 bits per heavy atom. The van der Waals surface area contributed by atoms with Crippen molar-refractivity contribution in [3.05, 3.63) is 66.0 Å². The van der Waals surface area contributed by atoms with E-state index in [0.29, 0.717) is 29.6 Å². The van der Waals surface area contributed by atoms with Crippen LogP contribution in [0.2, 0.25) is 0 Å². The molecular formula is C24H24F4N4O. The minimum atomic E-state index is -4.78. The number of halogens is 4. The molecule has 1 aromatic heterocycles. The molecule has 1 aliphatic carbocycles. The topological polar surface area (TPSA) is 59.1 Å². The van der Waals surface area contributed by atoms with E-state index < -0.39 is 6.36 Å². The Hall–Kier alpha value is -3.36. The van der Waals surface area contributed by atoms with Gasteiger partial charge in [0.25, 0.3) is 0 Å². The number of hydrogen-bond acceptors (Lipinski definition) is 5. The van der Waals surface area contributed by atoms with Gasteiger partial charge in [-0.15, -0.1) is 13.2 Å². The normalized spacial score (nSPS) is 14.7. The molecule has 2 aromatic carbocycles. The molecule has 5 nitrogen and oxygen atoms in total. The zero-order chi connectivity index (χ0) is 23.3. The fourth-order valence-electron chi connectivity index (χ4n) is 3.87. The molecule has 33 heavy (non-hydrogen) atoms. The van der Waals surface area contributed by atoms with Crippen molar-refractivity contribution in [1.29, 1.82) is 0 Å². The van der Waals surface area contributed by atoms with E-state index in [2.05, 4.69) is 25.3 Å². The summed E-state index contributed by atoms with van der Waals surface area (Å²) in [7, 11) is 0. The highest BCUT2D eigenvalue weighted by molar-refractivity contribution is 5.66. The summed E-state index contributed by atoms with van der Waals surface area (Å²) in [5, 5.41) is 6.52. The third-order valence-corrected chi connectivity index (χ3v) is 5.39. The lowest BCUT2D eigenvalue weighted by atomic mass is 9.96. The lowest BCUT2D eigenvalue weighted by Crippen LogP contribution is -2.23. The number of hydrogen-bond donors (Lipinski definition) is 2. The predicted octanol–water partition coefficient (Wildman–Crippen LogP) is 6.54. The molecule has 0 amide bonds. The van der Waals surface area contributed by atoms with Gasteiger partial charge in [-0.05, 0) is 42.7 Å². The Balaban J connectivity index is 1.61. The van der Waals surface area contributed by atoms with Gasteiger partial charge in [0.05, 0.1) is 5.69 Å². The van der Waals surface area contributed by atoms with Gasteiger partial charge in [0, 0.05) is 24.2 Å². The molecule has 0 aliphatic heterocycles. The molecule has 0 radical (unpaired) electrons. The summed E-state index contributed by atoms with van der Waals surface area (Å²) >= 11 is 0. The van der Waals surface area contributed by atoms with Crippen LogP contribution < -0.4 is 15.4 Å². The molecule has 0 unspecified atom stereocenters. The second-order valence-corrected chi connectivity index (χ2v) is 8.00. The molecule has 0 bridgehead atoms. The number of benzene rings is 2. The second kappa shape index (κ2) is 10.1. The van der Waals surface area contributed by atoms with E-state index in [9.17, 15) is 17.6 Å². The number of alkyl halides is 3. The molecule has 1 saturated carbocycles. The first-order valence-electron chi connectivity index (χ1n) is 10.8. The molecule has 1 fully saturated rings. The molecule has 0 atom stereocenters. The Morgan fingerprint density at radius 1 is 0.939 bits per heavy atom. The van der Waals surface area contributed by atoms with Crippen LogP contribution in [0, 0.1) is 5.82 Å². The van der Waals surface area contributed by atoms with Crippen molar-refractivity contribution in [2.45, 2.75) is 51.1 Å². The lowest BCUT2D eigenvalue weighted by molar-refractivity contribution is -0.274. The summed E-state index contributed by atoms with van der Waals surface area (Å²) in [5.41, 5.74) is 1.63. The minimum Gasteiger partial charge on any atom is -0.406 e. The van der Waals surface area contributed by atoms with Crippen LogP contribution in [0.3, 0.4) is 0 Å². The highest BCUT2D eigenvalue weighted by Crippen LogP contribution is 2.29. The van der Waals surface area contributed by atoms with Gasteiger partial charge in [0.2, 0.25) is 5.95 Å². The maximum Gasteiger partial charge on any atom is 0.573 e. The van der Waals surface area contributed by atoms with Crippen molar-refractivity contribution >= 4 is 11.8 Å². The fraction of sp³-hybridized carbons (Fsp3) is 0.333. The third kappa shape index (κ3) is 6.81. The highest BCUT2D eigenvalue weighted by Gasteiger charge is 2.31. The lowest BCUT2D eigenvalue weighted by Gasteiger charge is -2.23. The molecule has 1 heterocycles. The first-order valence-corrected chi connectivity index (χ1v) is 10.8. The van der Waals surface area contributed by atoms with Crippen LogP contribution in [0.1, 0.15) is 37.7 Å². The molecule has 0 spiro atoms. The molecule has 3 aromatic rings. The monoisotopic (exact) mass is 460 g/mol. The summed E-state index contributed by atoms with van der Waals surface area (Å²) < 4.78 is 55.5. The maximum absolute atomic E-state index is 13.5. The van der Waals surface area contributed by atoms with E-state index in [1.807, 2.05) is 0 Å². The third-order valence-electron chi connectivity index (χ3n) is 5.39. The van der Waals surface area contributed by atoms with E-state index in [0.717, 1.165) is 31.2 Å². The van der Waals surface area contributed by atoms with Gasteiger partial charge in [0.1, 0.15) is 17.4 Å². The number of nitrogens with one attached hydrogen (secondary N) is 2. The summed E-state index contributed by atoms with van der Waals surface area (Å²) in [6, 6.07) is 13.8. The van der Waals surface area contributed by atoms with Crippen molar-refractivity contribution in [1.82, 2.24) is 9.97 Å². The average molecular weight is 460 g/mol. The Morgan fingerprint density at radius 3 is 2.48 bits per heavy atom. The van der Waals surface area contributed by atoms with Crippen LogP contribution in [0.5, 0.6) is 5.75 Å². The molecule has 9 heteroatoms. The van der Waals surface area contributed by atoms with Crippen LogP contribution in [-0.4, -0.2) is 22.4 Å². The first-order chi connectivity index (χ1) is 15.8. The van der Waals surface area contributed by atoms with Crippen LogP contribution in [0.4, 0.5) is 29.3 Å². The Kier molecular flexibility index (Phi) is 6.96. The van der Waals surface area contributed by atoms with Crippen molar-refractivity contribution in [3.63, 3.8) is 0 Å². The maximum atomic E-state index is 13.5. The zero-order valence-electron chi connectivity index (χ0n) is 17.8. The summed E-state index contributed by atoms with van der Waals surface area (Å²) in [6.45, 7) is 0.328. The Bertz CT molecular complexity index is 1080. The summed E-state index contributed by atoms with van der Waals surface area (Å²) in [5.74, 6) is 0.210. The zero-order valence-corrected chi connectivity index (χ0v) is 17.8. The standard InChI is InChI=1S/C24H24F4N4O/c25-18-8-4-6-16(12-18)15-29-22-14-21(17-7-5-11-20(13-17)33-24(26,27)28)31-23(32-22)30-19-9-2-1-3-10-19/h4-8,11-14,19H,1-3,9-10,15H2,(H2,29,30,31,32). The second-order valence-electron chi connectivity index (χ2n) is 8.00. The number of rotatable bonds is 7. The van der Waals surface area contributed by atoms with Crippen molar-refractivity contribution < 1.29 is 22.3 Å². The van der Waals surface area contributed by atoms with Crippen molar-refractivity contribution in [3.8, 4) is 17.0 Å². The predicted molar refractivity (Wildman–Crippen MR) is 118 cm³/mol. The largest absolute Gasteiger partial charge is 0.573 e. The van der Waals surface area contributed by atoms with E-state index >= 15 is 0 Å². The number of ether oxygens (including phenoxy) is 1. The Labute approximate surface area is 189 Å². The van der Waals surface area contributed by atoms with Crippen LogP contribution in [0.15, 0.2) is 54.6 Å². The molecule has 2 N–H and O–H groups in total. The van der Waals surface area contributed by atoms with E-state index in [-0.39, 0.29) is 17.6 Å². The van der Waals surface area contributed by atoms with Gasteiger partial charge >= 0.3 is 6.36 Å². The van der Waals surface area contributed by atoms with Crippen LogP contribution in [0.25, 0.3) is 11.3 Å². The molecule has 1 aliphatic rings. The molecule has 4 rings (SSSR count). The van der Waals surface area contributed by atoms with Gasteiger partial charge in [-0.25, -0.2) is 9.37 Å². The quantitative estimate of drug-likeness (QED) is 0.392. The average Bonchev–Trinajstić information content (AvgIpc) is 2.77. The van der Waals surface area contributed by atoms with E-state index in [1.165, 1.54) is 36.8 Å². The number of aromatic nitrogens is 2. The number of nitrogens with zero attached hydrogens (tertiary/aromatic N) is 2. The minimum absolute atomic E-state index is 0.241. The smallest absolute Gasteiger partial charge is 0.406 e. The molecule has 0 saturated heterocycles. The first kappa shape index (κ1) is 22.8. The van der Waals surface area contributed by atoms with E-state index in [1.54, 1.807) is 24.3 Å². The van der Waals surface area contributed by atoms with Crippen LogP contribution >= 0.6 is 0 Å². The summed E-state index contributed by atoms with van der Waals surface area (Å²) in [4.78, 5) is 9.08. The van der Waals surface area contributed by atoms with Crippen LogP contribution in [-0.2, 0) is 6.54 Å². The van der Waals surface area contributed by atoms with Crippen molar-refractivity contribution in [2.24, 2.45) is 0 Å².